The highest BCUT2D eigenvalue weighted by Crippen LogP contribution is 2.24. The van der Waals surface area contributed by atoms with Gasteiger partial charge in [0.1, 0.15) is 12.4 Å². The van der Waals surface area contributed by atoms with Gasteiger partial charge < -0.3 is 20.9 Å². The molecule has 2 atom stereocenters. The van der Waals surface area contributed by atoms with Crippen LogP contribution in [0.25, 0.3) is 0 Å². The molecule has 0 aliphatic carbocycles. The van der Waals surface area contributed by atoms with E-state index in [1.54, 1.807) is 19.1 Å². The summed E-state index contributed by atoms with van der Waals surface area (Å²) < 4.78 is 5.48. The summed E-state index contributed by atoms with van der Waals surface area (Å²) in [6.07, 6.45) is -0.817. The zero-order valence-electron chi connectivity index (χ0n) is 13.4. The van der Waals surface area contributed by atoms with Crippen LogP contribution in [0.5, 0.6) is 5.75 Å². The molecule has 0 aromatic heterocycles. The Balaban J connectivity index is 2.12. The number of nitrogens with one attached hydrogen (secondary N) is 1. The summed E-state index contributed by atoms with van der Waals surface area (Å²) in [4.78, 5) is 12.5. The Morgan fingerprint density at radius 3 is 2.67 bits per heavy atom. The van der Waals surface area contributed by atoms with Gasteiger partial charge >= 0.3 is 0 Å². The summed E-state index contributed by atoms with van der Waals surface area (Å²) in [6.45, 7) is 2.37. The van der Waals surface area contributed by atoms with E-state index in [0.29, 0.717) is 29.5 Å². The summed E-state index contributed by atoms with van der Waals surface area (Å²) in [7, 11) is 0. The molecule has 0 bridgehead atoms. The average Bonchev–Trinajstić information content (AvgIpc) is 2.60. The number of ether oxygens (including phenoxy) is 1. The van der Waals surface area contributed by atoms with Crippen LogP contribution in [0, 0.1) is 0 Å². The highest BCUT2D eigenvalue weighted by atomic mass is 35.5. The molecule has 4 N–H and O–H groups in total. The Kier molecular flexibility index (Phi) is 6.61. The van der Waals surface area contributed by atoms with E-state index < -0.39 is 12.1 Å². The minimum Gasteiger partial charge on any atom is -0.491 e. The molecule has 5 nitrogen and oxygen atoms in total. The Hall–Kier alpha value is -2.08. The summed E-state index contributed by atoms with van der Waals surface area (Å²) >= 11 is 5.98. The number of rotatable bonds is 7. The molecule has 0 aliphatic heterocycles. The van der Waals surface area contributed by atoms with E-state index in [1.165, 1.54) is 6.07 Å². The molecule has 2 aromatic carbocycles. The number of aliphatic hydroxyl groups is 1. The Labute approximate surface area is 146 Å². The average molecular weight is 349 g/mol. The molecule has 0 unspecified atom stereocenters. The van der Waals surface area contributed by atoms with Crippen molar-refractivity contribution in [2.24, 2.45) is 5.73 Å². The first-order valence-electron chi connectivity index (χ1n) is 7.69. The van der Waals surface area contributed by atoms with Crippen molar-refractivity contribution < 1.29 is 14.6 Å². The molecule has 1 amide bonds. The van der Waals surface area contributed by atoms with E-state index in [4.69, 9.17) is 22.1 Å². The third-order valence-electron chi connectivity index (χ3n) is 3.54. The Morgan fingerprint density at radius 1 is 1.29 bits per heavy atom. The molecule has 0 fully saturated rings. The maximum atomic E-state index is 12.5. The van der Waals surface area contributed by atoms with Crippen molar-refractivity contribution in [3.8, 4) is 5.75 Å². The lowest BCUT2D eigenvalue weighted by molar-refractivity contribution is 0.0848. The fraction of sp³-hybridized carbons (Fsp3) is 0.278. The maximum Gasteiger partial charge on any atom is 0.255 e. The molecule has 128 valence electrons. The molecular formula is C18H21ClN2O3. The van der Waals surface area contributed by atoms with Gasteiger partial charge in [0.15, 0.2) is 0 Å². The number of nitrogens with two attached hydrogens (primary N) is 1. The van der Waals surface area contributed by atoms with E-state index in [2.05, 4.69) is 5.32 Å². The van der Waals surface area contributed by atoms with Crippen molar-refractivity contribution in [1.29, 1.82) is 0 Å². The second-order valence-corrected chi connectivity index (χ2v) is 5.83. The number of carbonyl (C=O) groups excluding carboxylic acids is 1. The zero-order valence-corrected chi connectivity index (χ0v) is 14.2. The van der Waals surface area contributed by atoms with Gasteiger partial charge in [-0.1, -0.05) is 41.9 Å². The van der Waals surface area contributed by atoms with Gasteiger partial charge in [-0.2, -0.15) is 0 Å². The first-order valence-corrected chi connectivity index (χ1v) is 8.07. The quantitative estimate of drug-likeness (QED) is 0.717. The van der Waals surface area contributed by atoms with Gasteiger partial charge in [0, 0.05) is 11.6 Å². The predicted molar refractivity (Wildman–Crippen MR) is 94.3 cm³/mol. The highest BCUT2D eigenvalue weighted by Gasteiger charge is 2.21. The molecule has 0 radical (unpaired) electrons. The lowest BCUT2D eigenvalue weighted by Crippen LogP contribution is -2.37. The van der Waals surface area contributed by atoms with Gasteiger partial charge in [0.05, 0.1) is 17.7 Å². The monoisotopic (exact) mass is 348 g/mol. The largest absolute Gasteiger partial charge is 0.491 e. The van der Waals surface area contributed by atoms with E-state index in [0.717, 1.165) is 5.56 Å². The van der Waals surface area contributed by atoms with Crippen LogP contribution in [0.2, 0.25) is 5.02 Å². The SMILES string of the molecule is C[C@H](NC(=O)c1cc(Cl)ccc1OCCN)[C@H](O)c1ccccc1. The smallest absolute Gasteiger partial charge is 0.255 e. The van der Waals surface area contributed by atoms with Crippen molar-refractivity contribution in [2.75, 3.05) is 13.2 Å². The maximum absolute atomic E-state index is 12.5. The second kappa shape index (κ2) is 8.68. The van der Waals surface area contributed by atoms with E-state index >= 15 is 0 Å². The number of amides is 1. The zero-order chi connectivity index (χ0) is 17.5. The third-order valence-corrected chi connectivity index (χ3v) is 3.77. The second-order valence-electron chi connectivity index (χ2n) is 5.40. The highest BCUT2D eigenvalue weighted by molar-refractivity contribution is 6.31. The first kappa shape index (κ1) is 18.3. The predicted octanol–water partition coefficient (Wildman–Crippen LogP) is 2.53. The van der Waals surface area contributed by atoms with E-state index in [-0.39, 0.29) is 5.91 Å². The van der Waals surface area contributed by atoms with Crippen LogP contribution in [0.1, 0.15) is 28.9 Å². The van der Waals surface area contributed by atoms with Crippen LogP contribution in [-0.4, -0.2) is 30.2 Å². The number of benzene rings is 2. The van der Waals surface area contributed by atoms with Gasteiger partial charge in [-0.05, 0) is 30.7 Å². The molecule has 0 spiro atoms. The lowest BCUT2D eigenvalue weighted by Gasteiger charge is -2.21. The van der Waals surface area contributed by atoms with Crippen molar-refractivity contribution in [3.05, 3.63) is 64.7 Å². The number of halogens is 1. The topological polar surface area (TPSA) is 84.6 Å². The van der Waals surface area contributed by atoms with Crippen molar-refractivity contribution in [3.63, 3.8) is 0 Å². The van der Waals surface area contributed by atoms with Crippen molar-refractivity contribution in [2.45, 2.75) is 19.1 Å². The molecule has 0 aliphatic rings. The lowest BCUT2D eigenvalue weighted by atomic mass is 10.0. The molecule has 0 heterocycles. The molecule has 0 saturated carbocycles. The molecular weight excluding hydrogens is 328 g/mol. The number of hydrogen-bond donors (Lipinski definition) is 3. The Bertz CT molecular complexity index is 679. The number of aliphatic hydroxyl groups excluding tert-OH is 1. The van der Waals surface area contributed by atoms with Crippen molar-refractivity contribution >= 4 is 17.5 Å². The molecule has 6 heteroatoms. The van der Waals surface area contributed by atoms with Gasteiger partial charge in [-0.3, -0.25) is 4.79 Å². The number of hydrogen-bond acceptors (Lipinski definition) is 4. The van der Waals surface area contributed by atoms with Crippen LogP contribution < -0.4 is 15.8 Å². The van der Waals surface area contributed by atoms with Gasteiger partial charge in [-0.25, -0.2) is 0 Å². The van der Waals surface area contributed by atoms with Crippen molar-refractivity contribution in [1.82, 2.24) is 5.32 Å². The van der Waals surface area contributed by atoms with Crippen LogP contribution in [0.15, 0.2) is 48.5 Å². The van der Waals surface area contributed by atoms with Crippen LogP contribution >= 0.6 is 11.6 Å². The third kappa shape index (κ3) is 4.71. The van der Waals surface area contributed by atoms with Gasteiger partial charge in [0.25, 0.3) is 5.91 Å². The molecule has 0 saturated heterocycles. The van der Waals surface area contributed by atoms with Crippen LogP contribution in [0.3, 0.4) is 0 Å². The van der Waals surface area contributed by atoms with E-state index in [9.17, 15) is 9.90 Å². The summed E-state index contributed by atoms with van der Waals surface area (Å²) in [5.74, 6) is 0.0377. The minimum atomic E-state index is -0.817. The summed E-state index contributed by atoms with van der Waals surface area (Å²) in [5, 5.41) is 13.6. The van der Waals surface area contributed by atoms with Gasteiger partial charge in [-0.15, -0.1) is 0 Å². The van der Waals surface area contributed by atoms with Gasteiger partial charge in [0.2, 0.25) is 0 Å². The summed E-state index contributed by atoms with van der Waals surface area (Å²) in [6, 6.07) is 13.5. The molecule has 24 heavy (non-hydrogen) atoms. The normalized spacial score (nSPS) is 13.2. The fourth-order valence-corrected chi connectivity index (χ4v) is 2.45. The molecule has 2 rings (SSSR count). The summed E-state index contributed by atoms with van der Waals surface area (Å²) in [5.41, 5.74) is 6.47. The number of carbonyl (C=O) groups is 1. The Morgan fingerprint density at radius 2 is 2.00 bits per heavy atom. The molecule has 2 aromatic rings. The van der Waals surface area contributed by atoms with Crippen LogP contribution in [0.4, 0.5) is 0 Å². The standard InChI is InChI=1S/C18H21ClN2O3/c1-12(17(22)13-5-3-2-4-6-13)21-18(23)15-11-14(19)7-8-16(15)24-10-9-20/h2-8,11-12,17,22H,9-10,20H2,1H3,(H,21,23)/t12-,17-/m0/s1. The fourth-order valence-electron chi connectivity index (χ4n) is 2.28. The van der Waals surface area contributed by atoms with Crippen LogP contribution in [-0.2, 0) is 0 Å². The van der Waals surface area contributed by atoms with E-state index in [1.807, 2.05) is 30.3 Å². The first-order chi connectivity index (χ1) is 11.5. The minimum absolute atomic E-state index is 0.296.